The molecule has 0 radical (unpaired) electrons. The first-order chi connectivity index (χ1) is 13.1. The van der Waals surface area contributed by atoms with Crippen molar-refractivity contribution in [2.45, 2.75) is 47.1 Å². The van der Waals surface area contributed by atoms with Crippen LogP contribution in [0.2, 0.25) is 0 Å². The topological polar surface area (TPSA) is 84.6 Å². The van der Waals surface area contributed by atoms with Crippen molar-refractivity contribution in [1.29, 1.82) is 5.26 Å². The van der Waals surface area contributed by atoms with Gasteiger partial charge in [-0.3, -0.25) is 4.79 Å². The van der Waals surface area contributed by atoms with Crippen molar-refractivity contribution in [3.63, 3.8) is 0 Å². The number of nitrogens with zero attached hydrogens (tertiary/aromatic N) is 3. The number of hydrogen-bond acceptors (Lipinski definition) is 3. The van der Waals surface area contributed by atoms with Crippen LogP contribution in [-0.2, 0) is 11.2 Å². The van der Waals surface area contributed by atoms with Gasteiger partial charge in [0, 0.05) is 19.6 Å². The molecule has 1 aliphatic rings. The highest BCUT2D eigenvalue weighted by molar-refractivity contribution is 6.01. The van der Waals surface area contributed by atoms with E-state index in [-0.39, 0.29) is 22.9 Å². The molecule has 28 heavy (non-hydrogen) atoms. The molecule has 0 spiro atoms. The quantitative estimate of drug-likeness (QED) is 0.627. The normalized spacial score (nSPS) is 16.9. The van der Waals surface area contributed by atoms with Gasteiger partial charge >= 0.3 is 6.09 Å². The lowest BCUT2D eigenvalue weighted by Crippen LogP contribution is -2.44. The summed E-state index contributed by atoms with van der Waals surface area (Å²) in [5, 5.41) is 19.1. The van der Waals surface area contributed by atoms with Crippen molar-refractivity contribution in [3.05, 3.63) is 40.5 Å². The molecular formula is C22H29N3O3. The third-order valence-corrected chi connectivity index (χ3v) is 5.18. The van der Waals surface area contributed by atoms with E-state index in [2.05, 4.69) is 0 Å². The number of amides is 2. The summed E-state index contributed by atoms with van der Waals surface area (Å²) in [6.45, 7) is 11.4. The number of benzene rings is 1. The van der Waals surface area contributed by atoms with Crippen molar-refractivity contribution in [3.8, 4) is 6.07 Å². The Morgan fingerprint density at radius 2 is 1.96 bits per heavy atom. The van der Waals surface area contributed by atoms with Gasteiger partial charge in [0.25, 0.3) is 5.91 Å². The van der Waals surface area contributed by atoms with E-state index < -0.39 is 6.09 Å². The monoisotopic (exact) mass is 383 g/mol. The Morgan fingerprint density at radius 1 is 1.32 bits per heavy atom. The van der Waals surface area contributed by atoms with E-state index in [9.17, 15) is 20.0 Å². The molecular weight excluding hydrogens is 354 g/mol. The molecule has 1 atom stereocenters. The largest absolute Gasteiger partial charge is 0.465 e. The van der Waals surface area contributed by atoms with Crippen LogP contribution >= 0.6 is 0 Å². The molecule has 1 heterocycles. The van der Waals surface area contributed by atoms with Crippen LogP contribution in [0.4, 0.5) is 4.79 Å². The number of nitriles is 1. The minimum atomic E-state index is -0.930. The van der Waals surface area contributed by atoms with E-state index in [4.69, 9.17) is 0 Å². The summed E-state index contributed by atoms with van der Waals surface area (Å²) in [7, 11) is 0. The lowest BCUT2D eigenvalue weighted by molar-refractivity contribution is -0.126. The molecule has 0 bridgehead atoms. The summed E-state index contributed by atoms with van der Waals surface area (Å²) in [5.74, 6) is -0.287. The Labute approximate surface area is 167 Å². The SMILES string of the molecule is CCN(CC)C(=O)C(C#N)=Cc1ccc2c(c1)C(C(C)(C)C)N(C(=O)O)CC2. The third-order valence-electron chi connectivity index (χ3n) is 5.18. The van der Waals surface area contributed by atoms with Crippen LogP contribution < -0.4 is 0 Å². The molecule has 0 saturated heterocycles. The first kappa shape index (κ1) is 21.5. The van der Waals surface area contributed by atoms with E-state index in [0.717, 1.165) is 16.7 Å². The summed E-state index contributed by atoms with van der Waals surface area (Å²) >= 11 is 0. The number of rotatable bonds is 4. The van der Waals surface area contributed by atoms with Crippen molar-refractivity contribution >= 4 is 18.1 Å². The van der Waals surface area contributed by atoms with E-state index in [1.165, 1.54) is 4.90 Å². The van der Waals surface area contributed by atoms with E-state index in [1.54, 1.807) is 11.0 Å². The molecule has 0 aromatic heterocycles. The van der Waals surface area contributed by atoms with E-state index in [1.807, 2.05) is 58.9 Å². The summed E-state index contributed by atoms with van der Waals surface area (Å²) in [6.07, 6.45) is 1.32. The zero-order chi connectivity index (χ0) is 21.1. The van der Waals surface area contributed by atoms with Gasteiger partial charge in [-0.25, -0.2) is 4.79 Å². The molecule has 2 rings (SSSR count). The maximum absolute atomic E-state index is 12.5. The highest BCUT2D eigenvalue weighted by Crippen LogP contribution is 2.42. The van der Waals surface area contributed by atoms with E-state index >= 15 is 0 Å². The molecule has 6 nitrogen and oxygen atoms in total. The fourth-order valence-corrected chi connectivity index (χ4v) is 3.85. The standard InChI is InChI=1S/C22H29N3O3/c1-6-24(7-2)20(26)17(14-23)12-15-8-9-16-10-11-25(21(27)28)19(18(16)13-15)22(3,4)5/h8-9,12-13,19H,6-7,10-11H2,1-5H3,(H,27,28). The maximum atomic E-state index is 12.5. The highest BCUT2D eigenvalue weighted by Gasteiger charge is 2.38. The predicted octanol–water partition coefficient (Wildman–Crippen LogP) is 4.09. The minimum absolute atomic E-state index is 0.0851. The molecule has 0 fully saturated rings. The Bertz CT molecular complexity index is 826. The fourth-order valence-electron chi connectivity index (χ4n) is 3.85. The van der Waals surface area contributed by atoms with Crippen molar-refractivity contribution in [2.24, 2.45) is 5.41 Å². The number of fused-ring (bicyclic) bond motifs is 1. The average molecular weight is 383 g/mol. The Morgan fingerprint density at radius 3 is 2.46 bits per heavy atom. The molecule has 1 aromatic carbocycles. The van der Waals surface area contributed by atoms with Crippen LogP contribution in [0.3, 0.4) is 0 Å². The van der Waals surface area contributed by atoms with Gasteiger partial charge in [-0.05, 0) is 54.5 Å². The van der Waals surface area contributed by atoms with Gasteiger partial charge in [0.1, 0.15) is 11.6 Å². The minimum Gasteiger partial charge on any atom is -0.465 e. The van der Waals surface area contributed by atoms with Gasteiger partial charge in [0.15, 0.2) is 0 Å². The van der Waals surface area contributed by atoms with Crippen LogP contribution in [0.15, 0.2) is 23.8 Å². The number of carbonyl (C=O) groups is 2. The van der Waals surface area contributed by atoms with Crippen LogP contribution in [-0.4, -0.2) is 46.5 Å². The van der Waals surface area contributed by atoms with Gasteiger partial charge in [-0.15, -0.1) is 0 Å². The van der Waals surface area contributed by atoms with Gasteiger partial charge in [-0.2, -0.15) is 5.26 Å². The predicted molar refractivity (Wildman–Crippen MR) is 109 cm³/mol. The molecule has 1 N–H and O–H groups in total. The molecule has 1 unspecified atom stereocenters. The zero-order valence-electron chi connectivity index (χ0n) is 17.3. The van der Waals surface area contributed by atoms with Gasteiger partial charge in [0.05, 0.1) is 6.04 Å². The maximum Gasteiger partial charge on any atom is 0.407 e. The lowest BCUT2D eigenvalue weighted by atomic mass is 9.76. The second-order valence-electron chi connectivity index (χ2n) is 8.10. The Hall–Kier alpha value is -2.81. The number of hydrogen-bond donors (Lipinski definition) is 1. The smallest absolute Gasteiger partial charge is 0.407 e. The zero-order valence-corrected chi connectivity index (χ0v) is 17.3. The number of likely N-dealkylation sites (N-methyl/N-ethyl adjacent to an activating group) is 1. The van der Waals surface area contributed by atoms with Crippen LogP contribution in [0, 0.1) is 16.7 Å². The van der Waals surface area contributed by atoms with Crippen molar-refractivity contribution < 1.29 is 14.7 Å². The Kier molecular flexibility index (Phi) is 6.50. The number of carboxylic acid groups (broad SMARTS) is 1. The Balaban J connectivity index is 2.51. The van der Waals surface area contributed by atoms with Crippen molar-refractivity contribution in [2.75, 3.05) is 19.6 Å². The van der Waals surface area contributed by atoms with Gasteiger partial charge in [0.2, 0.25) is 0 Å². The highest BCUT2D eigenvalue weighted by atomic mass is 16.4. The molecule has 0 aliphatic carbocycles. The van der Waals surface area contributed by atoms with Crippen LogP contribution in [0.5, 0.6) is 0 Å². The average Bonchev–Trinajstić information content (AvgIpc) is 2.64. The van der Waals surface area contributed by atoms with Gasteiger partial charge in [-0.1, -0.05) is 32.9 Å². The van der Waals surface area contributed by atoms with Gasteiger partial charge < -0.3 is 14.9 Å². The lowest BCUT2D eigenvalue weighted by Gasteiger charge is -2.43. The summed E-state index contributed by atoms with van der Waals surface area (Å²) in [5.41, 5.74) is 2.59. The molecule has 1 aliphatic heterocycles. The summed E-state index contributed by atoms with van der Waals surface area (Å²) < 4.78 is 0. The second kappa shape index (κ2) is 8.47. The molecule has 6 heteroatoms. The summed E-state index contributed by atoms with van der Waals surface area (Å²) in [4.78, 5) is 27.4. The fraction of sp³-hybridized carbons (Fsp3) is 0.500. The van der Waals surface area contributed by atoms with Crippen LogP contribution in [0.25, 0.3) is 6.08 Å². The first-order valence-corrected chi connectivity index (χ1v) is 9.67. The molecule has 0 saturated carbocycles. The van der Waals surface area contributed by atoms with Crippen molar-refractivity contribution in [1.82, 2.24) is 9.80 Å². The van der Waals surface area contributed by atoms with E-state index in [0.29, 0.717) is 26.1 Å². The third kappa shape index (κ3) is 4.36. The number of carbonyl (C=O) groups excluding carboxylic acids is 1. The molecule has 2 amide bonds. The molecule has 1 aromatic rings. The summed E-state index contributed by atoms with van der Waals surface area (Å²) in [6, 6.07) is 7.52. The second-order valence-corrected chi connectivity index (χ2v) is 8.10. The first-order valence-electron chi connectivity index (χ1n) is 9.67. The molecule has 150 valence electrons. The van der Waals surface area contributed by atoms with Crippen LogP contribution in [0.1, 0.15) is 57.4 Å².